The van der Waals surface area contributed by atoms with Crippen LogP contribution in [0.25, 0.3) is 21.2 Å². The van der Waals surface area contributed by atoms with Gasteiger partial charge in [0.2, 0.25) is 5.91 Å². The second-order valence-electron chi connectivity index (χ2n) is 5.94. The van der Waals surface area contributed by atoms with E-state index in [2.05, 4.69) is 15.5 Å². The molecule has 0 aliphatic carbocycles. The minimum Gasteiger partial charge on any atom is -0.356 e. The average Bonchev–Trinajstić information content (AvgIpc) is 3.10. The first-order valence-electron chi connectivity index (χ1n) is 7.71. The first kappa shape index (κ1) is 15.7. The Labute approximate surface area is 146 Å². The summed E-state index contributed by atoms with van der Waals surface area (Å²) < 4.78 is 19.3. The second kappa shape index (κ2) is 5.93. The molecule has 0 aliphatic heterocycles. The van der Waals surface area contributed by atoms with Crippen molar-refractivity contribution in [1.82, 2.24) is 10.1 Å². The molecule has 2 heterocycles. The molecule has 0 saturated heterocycles. The number of benzene rings is 2. The van der Waals surface area contributed by atoms with Crippen LogP contribution in [0.5, 0.6) is 0 Å². The molecule has 5 nitrogen and oxygen atoms in total. The zero-order valence-corrected chi connectivity index (χ0v) is 14.4. The van der Waals surface area contributed by atoms with Gasteiger partial charge in [-0.15, -0.1) is 0 Å². The topological polar surface area (TPSA) is 68.0 Å². The number of hydrogen-bond acceptors (Lipinski definition) is 5. The summed E-state index contributed by atoms with van der Waals surface area (Å²) in [6.07, 6.45) is 0.0845. The molecule has 0 atom stereocenters. The van der Waals surface area contributed by atoms with Gasteiger partial charge in [-0.05, 0) is 49.2 Å². The average molecular weight is 355 g/mol. The van der Waals surface area contributed by atoms with E-state index in [-0.39, 0.29) is 18.1 Å². The standard InChI is InChI=1S/C18H14FN3O2S/c1-9-5-10(2)17-13(22-24-14(17)6-9)8-16(23)21-18-20-12-4-3-11(19)7-15(12)25-18/h3-7H,8H2,1-2H3,(H,20,21,23). The van der Waals surface area contributed by atoms with Crippen LogP contribution in [0.2, 0.25) is 0 Å². The molecule has 25 heavy (non-hydrogen) atoms. The smallest absolute Gasteiger partial charge is 0.232 e. The normalized spacial score (nSPS) is 11.3. The van der Waals surface area contributed by atoms with E-state index >= 15 is 0 Å². The number of fused-ring (bicyclic) bond motifs is 2. The van der Waals surface area contributed by atoms with Gasteiger partial charge < -0.3 is 9.84 Å². The summed E-state index contributed by atoms with van der Waals surface area (Å²) in [5.41, 5.74) is 4.03. The molecule has 2 aromatic heterocycles. The van der Waals surface area contributed by atoms with Crippen molar-refractivity contribution < 1.29 is 13.7 Å². The lowest BCUT2D eigenvalue weighted by Gasteiger charge is -2.01. The summed E-state index contributed by atoms with van der Waals surface area (Å²) in [6.45, 7) is 3.95. The molecule has 0 spiro atoms. The van der Waals surface area contributed by atoms with E-state index in [4.69, 9.17) is 4.52 Å². The van der Waals surface area contributed by atoms with Crippen LogP contribution in [0.4, 0.5) is 9.52 Å². The van der Waals surface area contributed by atoms with Gasteiger partial charge in [0.1, 0.15) is 11.5 Å². The maximum absolute atomic E-state index is 13.2. The Morgan fingerprint density at radius 2 is 2.12 bits per heavy atom. The number of aromatic nitrogens is 2. The van der Waals surface area contributed by atoms with Gasteiger partial charge in [0.15, 0.2) is 10.7 Å². The Hall–Kier alpha value is -2.80. The molecular formula is C18H14FN3O2S. The van der Waals surface area contributed by atoms with E-state index < -0.39 is 0 Å². The molecule has 0 fully saturated rings. The molecule has 0 unspecified atom stereocenters. The monoisotopic (exact) mass is 355 g/mol. The number of halogens is 1. The predicted octanol–water partition coefficient (Wildman–Crippen LogP) is 4.37. The highest BCUT2D eigenvalue weighted by Crippen LogP contribution is 2.27. The highest BCUT2D eigenvalue weighted by molar-refractivity contribution is 7.22. The number of nitrogens with zero attached hydrogens (tertiary/aromatic N) is 2. The van der Waals surface area contributed by atoms with Crippen molar-refractivity contribution >= 4 is 43.6 Å². The lowest BCUT2D eigenvalue weighted by Crippen LogP contribution is -2.14. The molecule has 1 amide bonds. The van der Waals surface area contributed by atoms with Crippen LogP contribution in [0, 0.1) is 19.7 Å². The van der Waals surface area contributed by atoms with Gasteiger partial charge in [-0.2, -0.15) is 0 Å². The first-order chi connectivity index (χ1) is 12.0. The van der Waals surface area contributed by atoms with Gasteiger partial charge in [0.05, 0.1) is 16.6 Å². The molecule has 0 bridgehead atoms. The minimum absolute atomic E-state index is 0.0845. The minimum atomic E-state index is -0.325. The van der Waals surface area contributed by atoms with Crippen molar-refractivity contribution in [3.8, 4) is 0 Å². The third-order valence-electron chi connectivity index (χ3n) is 3.91. The zero-order valence-electron chi connectivity index (χ0n) is 13.6. The molecule has 126 valence electrons. The summed E-state index contributed by atoms with van der Waals surface area (Å²) in [5.74, 6) is -0.566. The molecule has 0 saturated carbocycles. The fourth-order valence-electron chi connectivity index (χ4n) is 2.91. The van der Waals surface area contributed by atoms with E-state index in [1.165, 1.54) is 23.5 Å². The Balaban J connectivity index is 1.57. The Morgan fingerprint density at radius 1 is 1.28 bits per heavy atom. The van der Waals surface area contributed by atoms with Gasteiger partial charge in [-0.25, -0.2) is 9.37 Å². The number of hydrogen-bond donors (Lipinski definition) is 1. The Bertz CT molecular complexity index is 1120. The number of carbonyl (C=O) groups is 1. The van der Waals surface area contributed by atoms with Crippen LogP contribution in [0.3, 0.4) is 0 Å². The number of rotatable bonds is 3. The molecule has 0 aliphatic rings. The predicted molar refractivity (Wildman–Crippen MR) is 95.4 cm³/mol. The fourth-order valence-corrected chi connectivity index (χ4v) is 3.82. The van der Waals surface area contributed by atoms with Crippen molar-refractivity contribution in [1.29, 1.82) is 0 Å². The number of thiazole rings is 1. The Morgan fingerprint density at radius 3 is 2.96 bits per heavy atom. The molecule has 4 aromatic rings. The third kappa shape index (κ3) is 2.98. The molecule has 7 heteroatoms. The molecule has 2 aromatic carbocycles. The lowest BCUT2D eigenvalue weighted by atomic mass is 10.0. The highest BCUT2D eigenvalue weighted by Gasteiger charge is 2.16. The van der Waals surface area contributed by atoms with Crippen LogP contribution >= 0.6 is 11.3 Å². The van der Waals surface area contributed by atoms with Crippen LogP contribution in [-0.4, -0.2) is 16.0 Å². The van der Waals surface area contributed by atoms with E-state index in [1.54, 1.807) is 6.07 Å². The first-order valence-corrected chi connectivity index (χ1v) is 8.53. The highest BCUT2D eigenvalue weighted by atomic mass is 32.1. The van der Waals surface area contributed by atoms with Crippen molar-refractivity contribution in [3.05, 3.63) is 53.0 Å². The van der Waals surface area contributed by atoms with Gasteiger partial charge >= 0.3 is 0 Å². The van der Waals surface area contributed by atoms with Gasteiger partial charge in [0, 0.05) is 5.39 Å². The van der Waals surface area contributed by atoms with Crippen molar-refractivity contribution in [2.45, 2.75) is 20.3 Å². The van der Waals surface area contributed by atoms with Crippen LogP contribution in [-0.2, 0) is 11.2 Å². The van der Waals surface area contributed by atoms with Crippen LogP contribution in [0.15, 0.2) is 34.9 Å². The van der Waals surface area contributed by atoms with Crippen molar-refractivity contribution in [2.24, 2.45) is 0 Å². The number of aryl methyl sites for hydroxylation is 2. The molecule has 4 rings (SSSR count). The van der Waals surface area contributed by atoms with Gasteiger partial charge in [0.25, 0.3) is 0 Å². The Kier molecular flexibility index (Phi) is 3.73. The van der Waals surface area contributed by atoms with E-state index in [9.17, 15) is 9.18 Å². The summed E-state index contributed by atoms with van der Waals surface area (Å²) in [5, 5.41) is 8.08. The maximum atomic E-state index is 13.2. The van der Waals surface area contributed by atoms with Gasteiger partial charge in [-0.1, -0.05) is 22.6 Å². The maximum Gasteiger partial charge on any atom is 0.232 e. The van der Waals surface area contributed by atoms with Crippen LogP contribution < -0.4 is 5.32 Å². The van der Waals surface area contributed by atoms with Gasteiger partial charge in [-0.3, -0.25) is 4.79 Å². The van der Waals surface area contributed by atoms with E-state index in [1.807, 2.05) is 26.0 Å². The number of anilines is 1. The zero-order chi connectivity index (χ0) is 17.6. The third-order valence-corrected chi connectivity index (χ3v) is 4.84. The number of amides is 1. The summed E-state index contributed by atoms with van der Waals surface area (Å²) in [4.78, 5) is 16.6. The summed E-state index contributed by atoms with van der Waals surface area (Å²) >= 11 is 1.23. The lowest BCUT2D eigenvalue weighted by molar-refractivity contribution is -0.115. The SMILES string of the molecule is Cc1cc(C)c2c(CC(=O)Nc3nc4ccc(F)cc4s3)noc2c1. The number of nitrogens with one attached hydrogen (secondary N) is 1. The van der Waals surface area contributed by atoms with E-state index in [0.717, 1.165) is 16.5 Å². The molecule has 1 N–H and O–H groups in total. The summed E-state index contributed by atoms with van der Waals surface area (Å²) in [6, 6.07) is 8.27. The summed E-state index contributed by atoms with van der Waals surface area (Å²) in [7, 11) is 0. The largest absolute Gasteiger partial charge is 0.356 e. The molecular weight excluding hydrogens is 341 g/mol. The fraction of sp³-hybridized carbons (Fsp3) is 0.167. The van der Waals surface area contributed by atoms with Crippen molar-refractivity contribution in [2.75, 3.05) is 5.32 Å². The molecule has 0 radical (unpaired) electrons. The van der Waals surface area contributed by atoms with Crippen LogP contribution in [0.1, 0.15) is 16.8 Å². The number of carbonyl (C=O) groups excluding carboxylic acids is 1. The van der Waals surface area contributed by atoms with Crippen molar-refractivity contribution in [3.63, 3.8) is 0 Å². The quantitative estimate of drug-likeness (QED) is 0.592. The second-order valence-corrected chi connectivity index (χ2v) is 6.97. The van der Waals surface area contributed by atoms with E-state index in [0.29, 0.717) is 26.6 Å².